The number of nitro benzene ring substituents is 1. The molecule has 3 N–H and O–H groups in total. The van der Waals surface area contributed by atoms with Crippen molar-refractivity contribution in [2.45, 2.75) is 23.9 Å². The number of hydrogen-bond donors (Lipinski definition) is 2. The Morgan fingerprint density at radius 1 is 1.47 bits per heavy atom. The van der Waals surface area contributed by atoms with Crippen molar-refractivity contribution in [2.75, 3.05) is 13.2 Å². The average molecular weight is 440 g/mol. The highest BCUT2D eigenvalue weighted by molar-refractivity contribution is 7.89. The van der Waals surface area contributed by atoms with E-state index in [1.807, 2.05) is 0 Å². The van der Waals surface area contributed by atoms with Gasteiger partial charge in [-0.25, -0.2) is 13.2 Å². The van der Waals surface area contributed by atoms with Crippen molar-refractivity contribution in [3.05, 3.63) is 58.7 Å². The normalized spacial score (nSPS) is 19.3. The van der Waals surface area contributed by atoms with Crippen molar-refractivity contribution in [3.63, 3.8) is 0 Å². The van der Waals surface area contributed by atoms with Crippen LogP contribution in [0.4, 0.5) is 10.5 Å². The highest BCUT2D eigenvalue weighted by Crippen LogP contribution is 2.30. The first kappa shape index (κ1) is 23.0. The fourth-order valence-corrected chi connectivity index (χ4v) is 4.62. The van der Waals surface area contributed by atoms with E-state index in [9.17, 15) is 33.2 Å². The standard InChI is InChI=1S/C17H20N4O8S/c1-3-8-29-21(30(27,28)14-7-5-4-6-13(14)20(25)26)12-9-11(2)15(16(18)22)19(10-12)17(23)24/h3-7,9,12,15H,1,8,10H2,2H3,(H2,18,22)(H,23,24). The minimum Gasteiger partial charge on any atom is -0.465 e. The van der Waals surface area contributed by atoms with Crippen LogP contribution in [0.1, 0.15) is 6.92 Å². The van der Waals surface area contributed by atoms with Gasteiger partial charge < -0.3 is 10.8 Å². The third kappa shape index (κ3) is 4.48. The van der Waals surface area contributed by atoms with Crippen molar-refractivity contribution in [2.24, 2.45) is 5.73 Å². The highest BCUT2D eigenvalue weighted by Gasteiger charge is 2.42. The maximum absolute atomic E-state index is 13.2. The highest BCUT2D eigenvalue weighted by atomic mass is 32.2. The number of amides is 2. The smallest absolute Gasteiger partial charge is 0.408 e. The predicted molar refractivity (Wildman–Crippen MR) is 104 cm³/mol. The molecule has 0 bridgehead atoms. The molecule has 12 nitrogen and oxygen atoms in total. The van der Waals surface area contributed by atoms with Crippen molar-refractivity contribution in [1.29, 1.82) is 0 Å². The molecule has 30 heavy (non-hydrogen) atoms. The van der Waals surface area contributed by atoms with Gasteiger partial charge in [-0.2, -0.15) is 0 Å². The third-order valence-corrected chi connectivity index (χ3v) is 6.02. The molecule has 0 aromatic heterocycles. The number of hydrogen-bond acceptors (Lipinski definition) is 7. The topological polar surface area (TPSA) is 173 Å². The molecule has 162 valence electrons. The van der Waals surface area contributed by atoms with Crippen LogP contribution < -0.4 is 5.73 Å². The molecule has 0 spiro atoms. The average Bonchev–Trinajstić information content (AvgIpc) is 2.67. The minimum absolute atomic E-state index is 0.186. The number of carbonyl (C=O) groups excluding carboxylic acids is 1. The molecule has 2 atom stereocenters. The zero-order valence-corrected chi connectivity index (χ0v) is 16.7. The van der Waals surface area contributed by atoms with E-state index in [0.717, 1.165) is 12.1 Å². The predicted octanol–water partition coefficient (Wildman–Crippen LogP) is 0.866. The lowest BCUT2D eigenvalue weighted by atomic mass is 9.99. The summed E-state index contributed by atoms with van der Waals surface area (Å²) in [6.07, 6.45) is 1.08. The summed E-state index contributed by atoms with van der Waals surface area (Å²) in [6.45, 7) is 4.08. The fourth-order valence-electron chi connectivity index (χ4n) is 3.09. The van der Waals surface area contributed by atoms with Gasteiger partial charge in [0.25, 0.3) is 15.7 Å². The van der Waals surface area contributed by atoms with Gasteiger partial charge in [0.05, 0.1) is 17.6 Å². The summed E-state index contributed by atoms with van der Waals surface area (Å²) >= 11 is 0. The first-order valence-electron chi connectivity index (χ1n) is 8.51. The van der Waals surface area contributed by atoms with Gasteiger partial charge in [0.2, 0.25) is 5.91 Å². The molecule has 2 unspecified atom stereocenters. The summed E-state index contributed by atoms with van der Waals surface area (Å²) in [5.74, 6) is -0.926. The largest absolute Gasteiger partial charge is 0.465 e. The van der Waals surface area contributed by atoms with Gasteiger partial charge >= 0.3 is 6.09 Å². The molecular weight excluding hydrogens is 420 g/mol. The van der Waals surface area contributed by atoms with E-state index in [1.54, 1.807) is 0 Å². The van der Waals surface area contributed by atoms with Gasteiger partial charge in [-0.3, -0.25) is 24.6 Å². The number of nitro groups is 1. The molecule has 1 aromatic rings. The number of sulfonamides is 1. The maximum atomic E-state index is 13.2. The van der Waals surface area contributed by atoms with Crippen LogP contribution in [-0.2, 0) is 19.7 Å². The van der Waals surface area contributed by atoms with E-state index in [2.05, 4.69) is 6.58 Å². The number of carbonyl (C=O) groups is 2. The van der Waals surface area contributed by atoms with E-state index in [1.165, 1.54) is 31.2 Å². The van der Waals surface area contributed by atoms with Crippen molar-refractivity contribution in [1.82, 2.24) is 9.37 Å². The number of primary amides is 1. The Bertz CT molecular complexity index is 1010. The van der Waals surface area contributed by atoms with E-state index in [0.29, 0.717) is 9.37 Å². The number of nitrogens with two attached hydrogens (primary N) is 1. The number of carboxylic acid groups (broad SMARTS) is 1. The van der Waals surface area contributed by atoms with Crippen LogP contribution in [0.25, 0.3) is 0 Å². The van der Waals surface area contributed by atoms with Crippen LogP contribution in [0.3, 0.4) is 0 Å². The lowest BCUT2D eigenvalue weighted by molar-refractivity contribution is -0.387. The Morgan fingerprint density at radius 2 is 2.10 bits per heavy atom. The van der Waals surface area contributed by atoms with Gasteiger partial charge in [0.15, 0.2) is 4.90 Å². The van der Waals surface area contributed by atoms with Crippen molar-refractivity contribution >= 4 is 27.7 Å². The molecule has 2 rings (SSSR count). The second kappa shape index (κ2) is 9.02. The summed E-state index contributed by atoms with van der Waals surface area (Å²) in [6, 6.07) is 2.17. The van der Waals surface area contributed by atoms with Gasteiger partial charge in [-0.15, -0.1) is 6.58 Å². The summed E-state index contributed by atoms with van der Waals surface area (Å²) in [4.78, 5) is 39.1. The Morgan fingerprint density at radius 3 is 2.63 bits per heavy atom. The Balaban J connectivity index is 2.60. The Hall–Kier alpha value is -3.29. The third-order valence-electron chi connectivity index (χ3n) is 4.26. The zero-order valence-electron chi connectivity index (χ0n) is 15.9. The first-order valence-corrected chi connectivity index (χ1v) is 9.95. The maximum Gasteiger partial charge on any atom is 0.408 e. The van der Waals surface area contributed by atoms with E-state index in [4.69, 9.17) is 10.6 Å². The molecule has 2 amide bonds. The lowest BCUT2D eigenvalue weighted by Gasteiger charge is -2.38. The van der Waals surface area contributed by atoms with Crippen LogP contribution in [0.5, 0.6) is 0 Å². The molecule has 0 aliphatic carbocycles. The summed E-state index contributed by atoms with van der Waals surface area (Å²) in [5, 5.41) is 20.8. The van der Waals surface area contributed by atoms with Crippen LogP contribution in [0.15, 0.2) is 53.5 Å². The zero-order chi connectivity index (χ0) is 22.6. The number of benzene rings is 1. The summed E-state index contributed by atoms with van der Waals surface area (Å²) in [7, 11) is -4.62. The molecule has 0 radical (unpaired) electrons. The van der Waals surface area contributed by atoms with Gasteiger partial charge in [-0.05, 0) is 18.6 Å². The molecule has 0 fully saturated rings. The van der Waals surface area contributed by atoms with E-state index in [-0.39, 0.29) is 12.2 Å². The molecule has 1 heterocycles. The summed E-state index contributed by atoms with van der Waals surface area (Å²) in [5.41, 5.74) is 4.79. The molecule has 1 aliphatic rings. The fraction of sp³-hybridized carbons (Fsp3) is 0.294. The minimum atomic E-state index is -4.62. The molecule has 1 aliphatic heterocycles. The van der Waals surface area contributed by atoms with Crippen LogP contribution in [0.2, 0.25) is 0 Å². The van der Waals surface area contributed by atoms with Gasteiger partial charge in [0.1, 0.15) is 6.04 Å². The quantitative estimate of drug-likeness (QED) is 0.340. The monoisotopic (exact) mass is 440 g/mol. The molecular formula is C17H20N4O8S. The van der Waals surface area contributed by atoms with Crippen LogP contribution in [0, 0.1) is 10.1 Å². The molecule has 1 aromatic carbocycles. The SMILES string of the molecule is C=CCON(C1C=C(C)C(C(N)=O)N(C(=O)O)C1)S(=O)(=O)c1ccccc1[N+](=O)[O-]. The van der Waals surface area contributed by atoms with Gasteiger partial charge in [0, 0.05) is 12.6 Å². The number of nitrogens with zero attached hydrogens (tertiary/aromatic N) is 3. The number of hydroxylamine groups is 1. The van der Waals surface area contributed by atoms with E-state index >= 15 is 0 Å². The van der Waals surface area contributed by atoms with Crippen LogP contribution in [-0.4, -0.2) is 65.1 Å². The Labute approximate surface area is 172 Å². The summed E-state index contributed by atoms with van der Waals surface area (Å²) < 4.78 is 27.0. The second-order valence-corrected chi connectivity index (χ2v) is 8.04. The van der Waals surface area contributed by atoms with Gasteiger partial charge in [-0.1, -0.05) is 28.8 Å². The van der Waals surface area contributed by atoms with Crippen molar-refractivity contribution in [3.8, 4) is 0 Å². The molecule has 0 saturated carbocycles. The lowest BCUT2D eigenvalue weighted by Crippen LogP contribution is -2.57. The molecule has 0 saturated heterocycles. The number of para-hydroxylation sites is 1. The first-order chi connectivity index (χ1) is 14.0. The van der Waals surface area contributed by atoms with Crippen LogP contribution >= 0.6 is 0 Å². The Kier molecular flexibility index (Phi) is 6.92. The van der Waals surface area contributed by atoms with E-state index < -0.39 is 56.2 Å². The number of rotatable bonds is 8. The molecule has 13 heteroatoms. The van der Waals surface area contributed by atoms with Crippen molar-refractivity contribution < 1.29 is 32.9 Å². The second-order valence-electron chi connectivity index (χ2n) is 6.29.